The van der Waals surface area contributed by atoms with E-state index in [4.69, 9.17) is 9.47 Å². The average Bonchev–Trinajstić information content (AvgIpc) is 2.97. The number of esters is 1. The van der Waals surface area contributed by atoms with Crippen LogP contribution in [0.1, 0.15) is 19.4 Å². The molecule has 32 heavy (non-hydrogen) atoms. The van der Waals surface area contributed by atoms with E-state index >= 15 is 0 Å². The molecule has 1 atom stereocenters. The summed E-state index contributed by atoms with van der Waals surface area (Å²) in [5.74, 6) is 4.90. The van der Waals surface area contributed by atoms with E-state index in [1.807, 2.05) is 0 Å². The van der Waals surface area contributed by atoms with Crippen molar-refractivity contribution in [3.8, 4) is 17.6 Å². The van der Waals surface area contributed by atoms with Gasteiger partial charge >= 0.3 is 5.97 Å². The predicted molar refractivity (Wildman–Crippen MR) is 118 cm³/mol. The Morgan fingerprint density at radius 1 is 1.12 bits per heavy atom. The highest BCUT2D eigenvalue weighted by molar-refractivity contribution is 7.89. The minimum atomic E-state index is -4.11. The van der Waals surface area contributed by atoms with Crippen molar-refractivity contribution in [2.24, 2.45) is 0 Å². The lowest BCUT2D eigenvalue weighted by molar-refractivity contribution is -0.144. The molecule has 3 rings (SSSR count). The molecule has 0 aliphatic carbocycles. The predicted octanol–water partition coefficient (Wildman–Crippen LogP) is 2.19. The number of sulfonamides is 1. The van der Waals surface area contributed by atoms with Crippen molar-refractivity contribution in [3.63, 3.8) is 0 Å². The third kappa shape index (κ3) is 4.77. The molecule has 2 aromatic rings. The fourth-order valence-electron chi connectivity index (χ4n) is 3.46. The van der Waals surface area contributed by atoms with Crippen LogP contribution >= 0.6 is 0 Å². The van der Waals surface area contributed by atoms with Crippen LogP contribution in [0.4, 0.5) is 5.69 Å². The van der Waals surface area contributed by atoms with Gasteiger partial charge in [-0.1, -0.05) is 24.1 Å². The second-order valence-electron chi connectivity index (χ2n) is 7.03. The number of methoxy groups -OCH3 is 1. The molecule has 1 heterocycles. The van der Waals surface area contributed by atoms with Gasteiger partial charge in [-0.2, -0.15) is 4.31 Å². The Kier molecular flexibility index (Phi) is 7.18. The average molecular weight is 457 g/mol. The summed E-state index contributed by atoms with van der Waals surface area (Å²) in [6.07, 6.45) is 0. The second kappa shape index (κ2) is 9.85. The standard InChI is InChI=1S/C23H24N2O6S/c1-4-5-14-31-19-10-12-20(13-11-19)32(28,29)25-15-18-8-6-7-9-21(18)24(17(2)26)16-22(25)23(27)30-3/h6-13,22H,14-16H2,1-3H3. The van der Waals surface area contributed by atoms with Crippen LogP contribution in [0.25, 0.3) is 0 Å². The Morgan fingerprint density at radius 3 is 2.44 bits per heavy atom. The van der Waals surface area contributed by atoms with Crippen molar-refractivity contribution in [2.75, 3.05) is 25.2 Å². The van der Waals surface area contributed by atoms with Crippen LogP contribution in [0.2, 0.25) is 0 Å². The van der Waals surface area contributed by atoms with Gasteiger partial charge in [0.2, 0.25) is 15.9 Å². The van der Waals surface area contributed by atoms with Gasteiger partial charge in [0.25, 0.3) is 0 Å². The number of hydrogen-bond acceptors (Lipinski definition) is 6. The molecular weight excluding hydrogens is 432 g/mol. The van der Waals surface area contributed by atoms with Gasteiger partial charge in [-0.3, -0.25) is 9.59 Å². The number of benzene rings is 2. The number of carbonyl (C=O) groups is 2. The molecule has 0 saturated carbocycles. The van der Waals surface area contributed by atoms with Crippen molar-refractivity contribution in [2.45, 2.75) is 31.3 Å². The summed E-state index contributed by atoms with van der Waals surface area (Å²) >= 11 is 0. The minimum absolute atomic E-state index is 0.00548. The molecule has 8 nitrogen and oxygen atoms in total. The molecule has 2 aromatic carbocycles. The fourth-order valence-corrected chi connectivity index (χ4v) is 5.01. The molecule has 1 unspecified atom stereocenters. The number of ether oxygens (including phenoxy) is 2. The number of nitrogens with zero attached hydrogens (tertiary/aromatic N) is 2. The van der Waals surface area contributed by atoms with Crippen molar-refractivity contribution < 1.29 is 27.5 Å². The van der Waals surface area contributed by atoms with E-state index in [1.54, 1.807) is 31.2 Å². The Balaban J connectivity index is 2.03. The molecular formula is C23H24N2O6S. The van der Waals surface area contributed by atoms with Crippen LogP contribution in [-0.4, -0.2) is 50.9 Å². The molecule has 1 aliphatic heterocycles. The molecule has 0 bridgehead atoms. The van der Waals surface area contributed by atoms with Crippen molar-refractivity contribution in [1.82, 2.24) is 4.31 Å². The zero-order chi connectivity index (χ0) is 23.3. The lowest BCUT2D eigenvalue weighted by Crippen LogP contribution is -2.50. The molecule has 0 spiro atoms. The van der Waals surface area contributed by atoms with Crippen molar-refractivity contribution in [1.29, 1.82) is 0 Å². The molecule has 0 N–H and O–H groups in total. The Hall–Kier alpha value is -3.35. The van der Waals surface area contributed by atoms with Gasteiger partial charge in [-0.15, -0.1) is 5.92 Å². The van der Waals surface area contributed by atoms with E-state index < -0.39 is 22.0 Å². The van der Waals surface area contributed by atoms with Gasteiger partial charge in [-0.25, -0.2) is 8.42 Å². The monoisotopic (exact) mass is 456 g/mol. The van der Waals surface area contributed by atoms with Crippen LogP contribution < -0.4 is 9.64 Å². The smallest absolute Gasteiger partial charge is 0.326 e. The van der Waals surface area contributed by atoms with Gasteiger partial charge in [0.1, 0.15) is 18.4 Å². The van der Waals surface area contributed by atoms with E-state index in [1.165, 1.54) is 43.2 Å². The first-order chi connectivity index (χ1) is 15.3. The van der Waals surface area contributed by atoms with Crippen molar-refractivity contribution in [3.05, 3.63) is 54.1 Å². The van der Waals surface area contributed by atoms with E-state index in [2.05, 4.69) is 11.8 Å². The first kappa shape index (κ1) is 23.3. The van der Waals surface area contributed by atoms with E-state index in [0.717, 1.165) is 4.31 Å². The quantitative estimate of drug-likeness (QED) is 0.506. The summed E-state index contributed by atoms with van der Waals surface area (Å²) in [4.78, 5) is 26.3. The number of hydrogen-bond donors (Lipinski definition) is 0. The zero-order valence-corrected chi connectivity index (χ0v) is 18.9. The van der Waals surface area contributed by atoms with Gasteiger partial charge in [0, 0.05) is 19.2 Å². The molecule has 1 aliphatic rings. The summed E-state index contributed by atoms with van der Waals surface area (Å²) in [5.41, 5.74) is 1.17. The second-order valence-corrected chi connectivity index (χ2v) is 8.92. The zero-order valence-electron chi connectivity index (χ0n) is 18.1. The highest BCUT2D eigenvalue weighted by Gasteiger charge is 2.41. The van der Waals surface area contributed by atoms with Gasteiger partial charge < -0.3 is 14.4 Å². The Morgan fingerprint density at radius 2 is 1.81 bits per heavy atom. The summed E-state index contributed by atoms with van der Waals surface area (Å²) in [6.45, 7) is 3.01. The lowest BCUT2D eigenvalue weighted by Gasteiger charge is -2.29. The van der Waals surface area contributed by atoms with Crippen LogP contribution in [0.3, 0.4) is 0 Å². The first-order valence-corrected chi connectivity index (χ1v) is 11.3. The Labute approximate surface area is 187 Å². The topological polar surface area (TPSA) is 93.2 Å². The lowest BCUT2D eigenvalue weighted by atomic mass is 10.1. The molecule has 1 amide bonds. The van der Waals surface area contributed by atoms with Crippen molar-refractivity contribution >= 4 is 27.6 Å². The maximum Gasteiger partial charge on any atom is 0.326 e. The number of anilines is 1. The summed E-state index contributed by atoms with van der Waals surface area (Å²) < 4.78 is 38.6. The minimum Gasteiger partial charge on any atom is -0.481 e. The summed E-state index contributed by atoms with van der Waals surface area (Å²) in [6, 6.07) is 11.7. The molecule has 0 fully saturated rings. The Bertz CT molecular complexity index is 1160. The third-order valence-electron chi connectivity index (χ3n) is 5.08. The highest BCUT2D eigenvalue weighted by Crippen LogP contribution is 2.32. The SMILES string of the molecule is CC#CCOc1ccc(S(=O)(=O)N2Cc3ccccc3N(C(C)=O)CC2C(=O)OC)cc1. The third-order valence-corrected chi connectivity index (χ3v) is 6.95. The number of carbonyl (C=O) groups excluding carboxylic acids is 2. The first-order valence-electron chi connectivity index (χ1n) is 9.87. The van der Waals surface area contributed by atoms with Crippen LogP contribution in [0.15, 0.2) is 53.4 Å². The molecule has 0 aromatic heterocycles. The molecule has 9 heteroatoms. The normalized spacial score (nSPS) is 16.2. The molecule has 0 radical (unpaired) electrons. The maximum atomic E-state index is 13.6. The van der Waals surface area contributed by atoms with Gasteiger partial charge in [-0.05, 0) is 42.8 Å². The largest absolute Gasteiger partial charge is 0.481 e. The summed E-state index contributed by atoms with van der Waals surface area (Å²) in [7, 11) is -2.92. The number of fused-ring (bicyclic) bond motifs is 1. The van der Waals surface area contributed by atoms with Gasteiger partial charge in [0.15, 0.2) is 0 Å². The van der Waals surface area contributed by atoms with Crippen LogP contribution in [0.5, 0.6) is 5.75 Å². The maximum absolute atomic E-state index is 13.6. The highest BCUT2D eigenvalue weighted by atomic mass is 32.2. The fraction of sp³-hybridized carbons (Fsp3) is 0.304. The van der Waals surface area contributed by atoms with E-state index in [9.17, 15) is 18.0 Å². The molecule has 168 valence electrons. The number of rotatable bonds is 5. The number of para-hydroxylation sites is 1. The van der Waals surface area contributed by atoms with Crippen LogP contribution in [-0.2, 0) is 30.9 Å². The van der Waals surface area contributed by atoms with E-state index in [0.29, 0.717) is 17.0 Å². The van der Waals surface area contributed by atoms with Gasteiger partial charge in [0.05, 0.1) is 18.6 Å². The van der Waals surface area contributed by atoms with E-state index in [-0.39, 0.29) is 30.5 Å². The summed E-state index contributed by atoms with van der Waals surface area (Å²) in [5, 5.41) is 0. The number of amides is 1. The van der Waals surface area contributed by atoms with Crippen LogP contribution in [0, 0.1) is 11.8 Å². The molecule has 0 saturated heterocycles.